The van der Waals surface area contributed by atoms with E-state index in [1.54, 1.807) is 0 Å². The third kappa shape index (κ3) is 2.83. The topological polar surface area (TPSA) is 86.3 Å². The molecule has 0 amide bonds. The van der Waals surface area contributed by atoms with Gasteiger partial charge in [-0.15, -0.1) is 0 Å². The Balaban J connectivity index is 3.11. The molecule has 1 aromatic rings. The molecule has 78 valence electrons. The summed E-state index contributed by atoms with van der Waals surface area (Å²) >= 11 is 0. The molecule has 7 heteroatoms. The van der Waals surface area contributed by atoms with Crippen molar-refractivity contribution >= 4 is 11.8 Å². The molecule has 6 nitrogen and oxygen atoms in total. The summed E-state index contributed by atoms with van der Waals surface area (Å²) in [6.07, 6.45) is 1.38. The van der Waals surface area contributed by atoms with Crippen LogP contribution in [0.15, 0.2) is 24.4 Å². The van der Waals surface area contributed by atoms with E-state index in [-0.39, 0.29) is 11.3 Å². The summed E-state index contributed by atoms with van der Waals surface area (Å²) in [4.78, 5) is 18.8. The second-order valence-corrected chi connectivity index (χ2v) is 2.56. The van der Waals surface area contributed by atoms with Crippen molar-refractivity contribution in [3.05, 3.63) is 56.0 Å². The van der Waals surface area contributed by atoms with Crippen LogP contribution in [0.2, 0.25) is 0 Å². The van der Waals surface area contributed by atoms with Crippen molar-refractivity contribution in [3.8, 4) is 0 Å². The lowest BCUT2D eigenvalue weighted by Gasteiger charge is -1.95. The van der Waals surface area contributed by atoms with E-state index in [1.165, 1.54) is 0 Å². The molecule has 0 atom stereocenters. The Kier molecular flexibility index (Phi) is 3.06. The summed E-state index contributed by atoms with van der Waals surface area (Å²) in [5, 5.41) is 20.3. The van der Waals surface area contributed by atoms with Crippen LogP contribution in [0.25, 0.3) is 6.08 Å². The van der Waals surface area contributed by atoms with E-state index in [2.05, 4.69) is 0 Å². The quantitative estimate of drug-likeness (QED) is 0.566. The predicted molar refractivity (Wildman–Crippen MR) is 49.1 cm³/mol. The summed E-state index contributed by atoms with van der Waals surface area (Å²) in [5.41, 5.74) is -0.514. The Morgan fingerprint density at radius 1 is 1.27 bits per heavy atom. The van der Waals surface area contributed by atoms with Crippen LogP contribution < -0.4 is 0 Å². The summed E-state index contributed by atoms with van der Waals surface area (Å²) in [7, 11) is 0. The third-order valence-electron chi connectivity index (χ3n) is 1.57. The molecule has 15 heavy (non-hydrogen) atoms. The molecule has 0 fully saturated rings. The van der Waals surface area contributed by atoms with Gasteiger partial charge in [0.15, 0.2) is 0 Å². The first-order chi connectivity index (χ1) is 7.00. The van der Waals surface area contributed by atoms with E-state index in [4.69, 9.17) is 0 Å². The SMILES string of the molecule is O=[N+]([O-])/C=C/c1cc([N+](=O)[O-])ccc1F. The minimum atomic E-state index is -0.779. The second-order valence-electron chi connectivity index (χ2n) is 2.56. The summed E-state index contributed by atoms with van der Waals surface area (Å²) in [6, 6.07) is 2.80. The van der Waals surface area contributed by atoms with Crippen LogP contribution in [0.3, 0.4) is 0 Å². The molecule has 0 aliphatic rings. The lowest BCUT2D eigenvalue weighted by atomic mass is 10.2. The van der Waals surface area contributed by atoms with Gasteiger partial charge >= 0.3 is 0 Å². The Morgan fingerprint density at radius 3 is 2.47 bits per heavy atom. The van der Waals surface area contributed by atoms with Crippen LogP contribution in [0.1, 0.15) is 5.56 Å². The van der Waals surface area contributed by atoms with Crippen LogP contribution in [-0.2, 0) is 0 Å². The van der Waals surface area contributed by atoms with Crippen molar-refractivity contribution in [3.63, 3.8) is 0 Å². The van der Waals surface area contributed by atoms with Crippen LogP contribution >= 0.6 is 0 Å². The van der Waals surface area contributed by atoms with E-state index in [1.807, 2.05) is 0 Å². The summed E-state index contributed by atoms with van der Waals surface area (Å²) < 4.78 is 13.0. The maximum atomic E-state index is 13.0. The van der Waals surface area contributed by atoms with E-state index in [0.29, 0.717) is 6.20 Å². The zero-order valence-corrected chi connectivity index (χ0v) is 7.29. The number of non-ortho nitro benzene ring substituents is 1. The Labute approximate surface area is 82.9 Å². The molecule has 1 rings (SSSR count). The molecule has 0 heterocycles. The fourth-order valence-electron chi connectivity index (χ4n) is 0.914. The minimum Gasteiger partial charge on any atom is -0.259 e. The summed E-state index contributed by atoms with van der Waals surface area (Å²) in [6.45, 7) is 0. The van der Waals surface area contributed by atoms with E-state index < -0.39 is 15.7 Å². The smallest absolute Gasteiger partial charge is 0.259 e. The maximum Gasteiger partial charge on any atom is 0.270 e. The zero-order chi connectivity index (χ0) is 11.4. The van der Waals surface area contributed by atoms with Crippen LogP contribution in [0.4, 0.5) is 10.1 Å². The van der Waals surface area contributed by atoms with Gasteiger partial charge in [-0.2, -0.15) is 0 Å². The van der Waals surface area contributed by atoms with E-state index in [9.17, 15) is 24.6 Å². The normalized spacial score (nSPS) is 10.5. The largest absolute Gasteiger partial charge is 0.270 e. The average Bonchev–Trinajstić information content (AvgIpc) is 2.16. The predicted octanol–water partition coefficient (Wildman–Crippen LogP) is 1.98. The van der Waals surface area contributed by atoms with Gasteiger partial charge in [-0.05, 0) is 6.07 Å². The summed E-state index contributed by atoms with van der Waals surface area (Å²) in [5.74, 6) is -0.751. The molecule has 0 radical (unpaired) electrons. The molecule has 0 aromatic heterocycles. The van der Waals surface area contributed by atoms with Crippen LogP contribution in [-0.4, -0.2) is 9.85 Å². The molecule has 1 aromatic carbocycles. The number of nitro benzene ring substituents is 1. The lowest BCUT2D eigenvalue weighted by Crippen LogP contribution is -1.91. The molecule has 0 aliphatic heterocycles. The fourth-order valence-corrected chi connectivity index (χ4v) is 0.914. The number of hydrogen-bond acceptors (Lipinski definition) is 4. The first-order valence-corrected chi connectivity index (χ1v) is 3.76. The standard InChI is InChI=1S/C8H5FN2O4/c9-8-2-1-7(11(14)15)5-6(8)3-4-10(12)13/h1-5H/b4-3+. The van der Waals surface area contributed by atoms with E-state index >= 15 is 0 Å². The molecule has 0 saturated carbocycles. The van der Waals surface area contributed by atoms with Gasteiger partial charge in [-0.25, -0.2) is 4.39 Å². The second kappa shape index (κ2) is 4.27. The molecule has 0 unspecified atom stereocenters. The van der Waals surface area contributed by atoms with Crippen molar-refractivity contribution in [1.82, 2.24) is 0 Å². The Bertz CT molecular complexity index is 444. The number of hydrogen-bond donors (Lipinski definition) is 0. The maximum absolute atomic E-state index is 13.0. The van der Waals surface area contributed by atoms with Gasteiger partial charge in [-0.1, -0.05) is 0 Å². The van der Waals surface area contributed by atoms with Crippen LogP contribution in [0.5, 0.6) is 0 Å². The monoisotopic (exact) mass is 212 g/mol. The van der Waals surface area contributed by atoms with Gasteiger partial charge in [-0.3, -0.25) is 20.2 Å². The van der Waals surface area contributed by atoms with Crippen molar-refractivity contribution in [1.29, 1.82) is 0 Å². The number of benzene rings is 1. The van der Waals surface area contributed by atoms with Gasteiger partial charge < -0.3 is 0 Å². The molecular weight excluding hydrogens is 207 g/mol. The molecule has 0 aliphatic carbocycles. The van der Waals surface area contributed by atoms with Gasteiger partial charge in [0.1, 0.15) is 5.82 Å². The number of halogens is 1. The molecule has 0 saturated heterocycles. The highest BCUT2D eigenvalue weighted by molar-refractivity contribution is 5.53. The first-order valence-electron chi connectivity index (χ1n) is 3.76. The Morgan fingerprint density at radius 2 is 1.93 bits per heavy atom. The van der Waals surface area contributed by atoms with E-state index in [0.717, 1.165) is 24.3 Å². The van der Waals surface area contributed by atoms with Gasteiger partial charge in [0.05, 0.1) is 9.85 Å². The molecule has 0 bridgehead atoms. The minimum absolute atomic E-state index is 0.194. The van der Waals surface area contributed by atoms with Gasteiger partial charge in [0.25, 0.3) is 5.69 Å². The van der Waals surface area contributed by atoms with Gasteiger partial charge in [0, 0.05) is 23.8 Å². The number of nitro groups is 2. The van der Waals surface area contributed by atoms with Crippen molar-refractivity contribution < 1.29 is 14.2 Å². The van der Waals surface area contributed by atoms with Crippen molar-refractivity contribution in [2.45, 2.75) is 0 Å². The first kappa shape index (κ1) is 10.8. The fraction of sp³-hybridized carbons (Fsp3) is 0. The number of nitrogens with zero attached hydrogens (tertiary/aromatic N) is 2. The molecule has 0 N–H and O–H groups in total. The number of rotatable bonds is 3. The highest BCUT2D eigenvalue weighted by atomic mass is 19.1. The zero-order valence-electron chi connectivity index (χ0n) is 7.29. The van der Waals surface area contributed by atoms with Crippen molar-refractivity contribution in [2.75, 3.05) is 0 Å². The Hall–Kier alpha value is -2.31. The average molecular weight is 212 g/mol. The molecule has 0 spiro atoms. The highest BCUT2D eigenvalue weighted by Crippen LogP contribution is 2.17. The highest BCUT2D eigenvalue weighted by Gasteiger charge is 2.09. The van der Waals surface area contributed by atoms with Gasteiger partial charge in [0.2, 0.25) is 6.20 Å². The third-order valence-corrected chi connectivity index (χ3v) is 1.57. The van der Waals surface area contributed by atoms with Crippen molar-refractivity contribution in [2.24, 2.45) is 0 Å². The molecular formula is C8H5FN2O4. The van der Waals surface area contributed by atoms with Crippen LogP contribution in [0, 0.1) is 26.0 Å². The lowest BCUT2D eigenvalue weighted by molar-refractivity contribution is -0.401.